The van der Waals surface area contributed by atoms with Gasteiger partial charge in [-0.25, -0.2) is 4.79 Å². The molecule has 0 saturated carbocycles. The minimum atomic E-state index is -5.85. The fourth-order valence-electron chi connectivity index (χ4n) is 3.39. The molecule has 3 aromatic rings. The van der Waals surface area contributed by atoms with E-state index in [9.17, 15) is 31.5 Å². The first-order valence-electron chi connectivity index (χ1n) is 9.54. The van der Waals surface area contributed by atoms with E-state index in [0.717, 1.165) is 12.1 Å². The maximum Gasteiger partial charge on any atom is 0.534 e. The average molecular weight is 503 g/mol. The Kier molecular flexibility index (Phi) is 6.92. The molecule has 3 aromatic carbocycles. The molecule has 33 heavy (non-hydrogen) atoms. The number of carbonyl (C=O) groups is 1. The van der Waals surface area contributed by atoms with Crippen LogP contribution in [0, 0.1) is 6.92 Å². The van der Waals surface area contributed by atoms with Gasteiger partial charge in [0, 0.05) is 10.6 Å². The third kappa shape index (κ3) is 5.07. The standard InChI is InChI=1S/C22H18ClF3O6S/c1-3-31-21(28)20(27)18-12(2)10-14-11-16(32-33(29,30)22(24,25)26)8-9-17(14)19(18)13-4-6-15(23)7-5-13/h4-11,20,27H,3H2,1-2H3. The Morgan fingerprint density at radius 1 is 1.12 bits per heavy atom. The number of aliphatic hydroxyl groups is 1. The molecule has 1 N–H and O–H groups in total. The smallest absolute Gasteiger partial charge is 0.464 e. The van der Waals surface area contributed by atoms with E-state index < -0.39 is 33.4 Å². The lowest BCUT2D eigenvalue weighted by Crippen LogP contribution is -2.28. The lowest BCUT2D eigenvalue weighted by molar-refractivity contribution is -0.153. The third-order valence-corrected chi connectivity index (χ3v) is 5.99. The highest BCUT2D eigenvalue weighted by Crippen LogP contribution is 2.40. The Balaban J connectivity index is 2.25. The van der Waals surface area contributed by atoms with E-state index in [1.165, 1.54) is 12.1 Å². The number of rotatable bonds is 6. The number of alkyl halides is 3. The molecule has 11 heteroatoms. The number of hydrogen-bond donors (Lipinski definition) is 1. The Morgan fingerprint density at radius 2 is 1.76 bits per heavy atom. The van der Waals surface area contributed by atoms with Crippen LogP contribution in [0.15, 0.2) is 48.5 Å². The summed E-state index contributed by atoms with van der Waals surface area (Å²) in [6.07, 6.45) is -1.64. The van der Waals surface area contributed by atoms with Crippen molar-refractivity contribution in [2.75, 3.05) is 6.61 Å². The van der Waals surface area contributed by atoms with E-state index >= 15 is 0 Å². The van der Waals surface area contributed by atoms with Crippen LogP contribution >= 0.6 is 11.6 Å². The largest absolute Gasteiger partial charge is 0.534 e. The maximum absolute atomic E-state index is 12.7. The van der Waals surface area contributed by atoms with Crippen LogP contribution in [0.2, 0.25) is 5.02 Å². The van der Waals surface area contributed by atoms with Gasteiger partial charge in [-0.1, -0.05) is 35.9 Å². The number of aliphatic hydroxyl groups excluding tert-OH is 1. The zero-order valence-corrected chi connectivity index (χ0v) is 18.9. The van der Waals surface area contributed by atoms with Gasteiger partial charge in [0.2, 0.25) is 0 Å². The van der Waals surface area contributed by atoms with Gasteiger partial charge in [-0.05, 0) is 65.6 Å². The summed E-state index contributed by atoms with van der Waals surface area (Å²) in [6, 6.07) is 11.5. The summed E-state index contributed by atoms with van der Waals surface area (Å²) in [7, 11) is -5.85. The first-order valence-corrected chi connectivity index (χ1v) is 11.3. The fraction of sp³-hybridized carbons (Fsp3) is 0.227. The van der Waals surface area contributed by atoms with E-state index in [-0.39, 0.29) is 12.2 Å². The number of ether oxygens (including phenoxy) is 1. The Hall–Kier alpha value is -2.82. The molecule has 0 aromatic heterocycles. The van der Waals surface area contributed by atoms with Gasteiger partial charge in [-0.2, -0.15) is 21.6 Å². The molecule has 0 aliphatic heterocycles. The summed E-state index contributed by atoms with van der Waals surface area (Å²) in [5, 5.41) is 11.9. The summed E-state index contributed by atoms with van der Waals surface area (Å²) < 4.78 is 70.0. The lowest BCUT2D eigenvalue weighted by Gasteiger charge is -2.20. The third-order valence-electron chi connectivity index (χ3n) is 4.76. The Morgan fingerprint density at radius 3 is 2.33 bits per heavy atom. The first kappa shape index (κ1) is 24.8. The van der Waals surface area contributed by atoms with Crippen LogP contribution in [0.3, 0.4) is 0 Å². The highest BCUT2D eigenvalue weighted by atomic mass is 35.5. The van der Waals surface area contributed by atoms with Gasteiger partial charge in [0.25, 0.3) is 0 Å². The maximum atomic E-state index is 12.7. The minimum absolute atomic E-state index is 0.0488. The second-order valence-corrected chi connectivity index (χ2v) is 8.98. The van der Waals surface area contributed by atoms with E-state index in [0.29, 0.717) is 32.5 Å². The van der Waals surface area contributed by atoms with E-state index in [1.54, 1.807) is 38.1 Å². The summed E-state index contributed by atoms with van der Waals surface area (Å²) in [4.78, 5) is 12.3. The van der Waals surface area contributed by atoms with Gasteiger partial charge in [-0.3, -0.25) is 0 Å². The van der Waals surface area contributed by atoms with Crippen molar-refractivity contribution in [1.82, 2.24) is 0 Å². The van der Waals surface area contributed by atoms with Crippen molar-refractivity contribution in [3.63, 3.8) is 0 Å². The Bertz CT molecular complexity index is 1300. The van der Waals surface area contributed by atoms with Crippen LogP contribution in [0.25, 0.3) is 21.9 Å². The first-order chi connectivity index (χ1) is 15.4. The SMILES string of the molecule is CCOC(=O)C(O)c1c(C)cc2cc(OS(=O)(=O)C(F)(F)F)ccc2c1-c1ccc(Cl)cc1. The van der Waals surface area contributed by atoms with Gasteiger partial charge in [0.1, 0.15) is 5.75 Å². The van der Waals surface area contributed by atoms with E-state index in [4.69, 9.17) is 16.3 Å². The predicted molar refractivity (Wildman–Crippen MR) is 116 cm³/mol. The molecular formula is C22H18ClF3O6S. The number of halogens is 4. The number of aryl methyl sites for hydroxylation is 1. The molecule has 0 bridgehead atoms. The molecule has 0 saturated heterocycles. The molecule has 0 aliphatic carbocycles. The highest BCUT2D eigenvalue weighted by molar-refractivity contribution is 7.88. The molecule has 0 radical (unpaired) electrons. The monoisotopic (exact) mass is 502 g/mol. The molecule has 0 heterocycles. The van der Waals surface area contributed by atoms with Crippen molar-refractivity contribution in [3.8, 4) is 16.9 Å². The number of benzene rings is 3. The van der Waals surface area contributed by atoms with Gasteiger partial charge in [-0.15, -0.1) is 0 Å². The molecule has 6 nitrogen and oxygen atoms in total. The molecule has 0 aliphatic rings. The van der Waals surface area contributed by atoms with Crippen LogP contribution in [-0.2, 0) is 19.6 Å². The molecule has 3 rings (SSSR count). The molecule has 176 valence electrons. The number of fused-ring (bicyclic) bond motifs is 1. The van der Waals surface area contributed by atoms with Crippen LogP contribution in [-0.4, -0.2) is 31.6 Å². The van der Waals surface area contributed by atoms with E-state index in [1.807, 2.05) is 0 Å². The molecule has 0 spiro atoms. The number of esters is 1. The normalized spacial score (nSPS) is 13.1. The lowest BCUT2D eigenvalue weighted by atomic mass is 9.87. The topological polar surface area (TPSA) is 89.9 Å². The quantitative estimate of drug-likeness (QED) is 0.280. The van der Waals surface area contributed by atoms with Gasteiger partial charge in [0.15, 0.2) is 6.10 Å². The molecule has 1 atom stereocenters. The summed E-state index contributed by atoms with van der Waals surface area (Å²) in [5.74, 6) is -1.41. The van der Waals surface area contributed by atoms with Crippen molar-refractivity contribution < 1.29 is 40.4 Å². The fourth-order valence-corrected chi connectivity index (χ4v) is 3.96. The Labute approximate surface area is 192 Å². The second kappa shape index (κ2) is 9.20. The molecule has 0 fully saturated rings. The summed E-state index contributed by atoms with van der Waals surface area (Å²) >= 11 is 5.97. The van der Waals surface area contributed by atoms with Crippen LogP contribution in [0.1, 0.15) is 24.2 Å². The molecule has 0 amide bonds. The van der Waals surface area contributed by atoms with Crippen LogP contribution < -0.4 is 4.18 Å². The molecule has 1 unspecified atom stereocenters. The summed E-state index contributed by atoms with van der Waals surface area (Å²) in [6.45, 7) is 3.23. The van der Waals surface area contributed by atoms with Gasteiger partial charge in [0.05, 0.1) is 6.61 Å². The van der Waals surface area contributed by atoms with E-state index in [2.05, 4.69) is 4.18 Å². The zero-order valence-electron chi connectivity index (χ0n) is 17.3. The second-order valence-electron chi connectivity index (χ2n) is 7.01. The van der Waals surface area contributed by atoms with Crippen molar-refractivity contribution >= 4 is 38.5 Å². The predicted octanol–water partition coefficient (Wildman–Crippen LogP) is 5.29. The van der Waals surface area contributed by atoms with Crippen molar-refractivity contribution in [2.24, 2.45) is 0 Å². The van der Waals surface area contributed by atoms with Crippen molar-refractivity contribution in [3.05, 3.63) is 64.7 Å². The highest BCUT2D eigenvalue weighted by Gasteiger charge is 2.48. The van der Waals surface area contributed by atoms with Gasteiger partial charge >= 0.3 is 21.6 Å². The van der Waals surface area contributed by atoms with Gasteiger partial charge < -0.3 is 14.0 Å². The van der Waals surface area contributed by atoms with Crippen LogP contribution in [0.5, 0.6) is 5.75 Å². The van der Waals surface area contributed by atoms with Crippen molar-refractivity contribution in [2.45, 2.75) is 25.5 Å². The average Bonchev–Trinajstić information content (AvgIpc) is 2.72. The summed E-state index contributed by atoms with van der Waals surface area (Å²) in [5.41, 5.74) is -3.96. The minimum Gasteiger partial charge on any atom is -0.464 e. The number of hydrogen-bond acceptors (Lipinski definition) is 6. The molecular weight excluding hydrogens is 485 g/mol. The van der Waals surface area contributed by atoms with Crippen LogP contribution in [0.4, 0.5) is 13.2 Å². The van der Waals surface area contributed by atoms with Crippen molar-refractivity contribution in [1.29, 1.82) is 0 Å². The number of carbonyl (C=O) groups excluding carboxylic acids is 1. The zero-order chi connectivity index (χ0) is 24.6.